The largest absolute Gasteiger partial charge is 0.463 e. The first kappa shape index (κ1) is 32.0. The Hall–Kier alpha value is -2.95. The third kappa shape index (κ3) is 5.56. The predicted octanol–water partition coefficient (Wildman–Crippen LogP) is 3.46. The molecule has 1 spiro atoms. The molecule has 3 fully saturated rings. The maximum atomic E-state index is 13.2. The van der Waals surface area contributed by atoms with Crippen molar-refractivity contribution < 1.29 is 52.4 Å². The number of hydrogen-bond acceptors (Lipinski definition) is 11. The fourth-order valence-electron chi connectivity index (χ4n) is 7.83. The van der Waals surface area contributed by atoms with Gasteiger partial charge in [0.2, 0.25) is 0 Å². The summed E-state index contributed by atoms with van der Waals surface area (Å²) in [6.07, 6.45) is 1.68. The smallest absolute Gasteiger partial charge is 0.331 e. The molecule has 234 valence electrons. The molecular weight excluding hydrogens is 548 g/mol. The van der Waals surface area contributed by atoms with Crippen LogP contribution in [0.15, 0.2) is 11.6 Å². The molecule has 0 N–H and O–H groups in total. The molecule has 0 aromatic carbocycles. The summed E-state index contributed by atoms with van der Waals surface area (Å²) in [5.74, 6) is -3.07. The van der Waals surface area contributed by atoms with E-state index in [0.717, 1.165) is 0 Å². The lowest BCUT2D eigenvalue weighted by molar-refractivity contribution is -0.391. The lowest BCUT2D eigenvalue weighted by Crippen LogP contribution is -2.81. The second-order valence-corrected chi connectivity index (χ2v) is 12.8. The summed E-state index contributed by atoms with van der Waals surface area (Å²) in [5, 5.41) is 0. The van der Waals surface area contributed by atoms with Gasteiger partial charge in [-0.05, 0) is 43.4 Å². The van der Waals surface area contributed by atoms with Crippen molar-refractivity contribution >= 4 is 29.8 Å². The average molecular weight is 593 g/mol. The normalized spacial score (nSPS) is 36.5. The third-order valence-corrected chi connectivity index (χ3v) is 10.3. The molecule has 42 heavy (non-hydrogen) atoms. The highest BCUT2D eigenvalue weighted by Gasteiger charge is 2.78. The lowest BCUT2D eigenvalue weighted by atomic mass is 9.39. The van der Waals surface area contributed by atoms with Crippen molar-refractivity contribution in [2.75, 3.05) is 19.8 Å². The number of ether oxygens (including phenoxy) is 6. The van der Waals surface area contributed by atoms with Crippen LogP contribution in [-0.2, 0) is 52.4 Å². The van der Waals surface area contributed by atoms with Crippen LogP contribution in [0.25, 0.3) is 0 Å². The number of rotatable bonds is 10. The van der Waals surface area contributed by atoms with Gasteiger partial charge in [-0.1, -0.05) is 27.7 Å². The van der Waals surface area contributed by atoms with Crippen molar-refractivity contribution in [2.24, 2.45) is 28.6 Å². The van der Waals surface area contributed by atoms with Crippen LogP contribution in [0.4, 0.5) is 0 Å². The number of carbonyl (C=O) groups excluding carboxylic acids is 5. The van der Waals surface area contributed by atoms with Crippen LogP contribution < -0.4 is 0 Å². The van der Waals surface area contributed by atoms with Crippen LogP contribution in [-0.4, -0.2) is 73.6 Å². The second-order valence-electron chi connectivity index (χ2n) is 12.8. The average Bonchev–Trinajstić information content (AvgIpc) is 3.33. The van der Waals surface area contributed by atoms with Gasteiger partial charge in [0, 0.05) is 38.3 Å². The van der Waals surface area contributed by atoms with E-state index >= 15 is 0 Å². The van der Waals surface area contributed by atoms with Gasteiger partial charge in [0.1, 0.15) is 37.1 Å². The minimum Gasteiger partial charge on any atom is -0.463 e. The van der Waals surface area contributed by atoms with Gasteiger partial charge in [-0.2, -0.15) is 0 Å². The topological polar surface area (TPSA) is 141 Å². The SMILES string of the molecule is CC[C@H](C)C(=O)OC1CC[C@@]2(COC(C)=O)OC[C@@]23C(OC(C)=O)C[C@H](C)[C@@](C)(CC(OC(C)=O)C2=CC(=O)OC2)[C@H]13. The van der Waals surface area contributed by atoms with Crippen molar-refractivity contribution in [1.29, 1.82) is 0 Å². The molecule has 0 amide bonds. The van der Waals surface area contributed by atoms with E-state index in [2.05, 4.69) is 6.92 Å². The third-order valence-electron chi connectivity index (χ3n) is 10.3. The Morgan fingerprint density at radius 2 is 1.81 bits per heavy atom. The van der Waals surface area contributed by atoms with Crippen LogP contribution in [0.3, 0.4) is 0 Å². The summed E-state index contributed by atoms with van der Waals surface area (Å²) < 4.78 is 35.1. The Labute approximate surface area is 246 Å². The number of carbonyl (C=O) groups is 5. The molecule has 11 heteroatoms. The maximum Gasteiger partial charge on any atom is 0.331 e. The van der Waals surface area contributed by atoms with Crippen LogP contribution in [0.1, 0.15) is 80.6 Å². The predicted molar refractivity (Wildman–Crippen MR) is 146 cm³/mol. The van der Waals surface area contributed by atoms with Gasteiger partial charge in [-0.3, -0.25) is 19.2 Å². The lowest BCUT2D eigenvalue weighted by Gasteiger charge is -2.73. The van der Waals surface area contributed by atoms with Gasteiger partial charge >= 0.3 is 29.8 Å². The van der Waals surface area contributed by atoms with Gasteiger partial charge in [0.25, 0.3) is 0 Å². The Morgan fingerprint density at radius 1 is 1.10 bits per heavy atom. The highest BCUT2D eigenvalue weighted by atomic mass is 16.6. The van der Waals surface area contributed by atoms with E-state index in [-0.39, 0.29) is 37.6 Å². The van der Waals surface area contributed by atoms with Gasteiger partial charge in [0.05, 0.1) is 17.9 Å². The summed E-state index contributed by atoms with van der Waals surface area (Å²) in [6, 6.07) is 0. The van der Waals surface area contributed by atoms with Gasteiger partial charge < -0.3 is 28.4 Å². The number of hydrogen-bond donors (Lipinski definition) is 0. The van der Waals surface area contributed by atoms with Gasteiger partial charge in [-0.25, -0.2) is 4.79 Å². The molecule has 4 rings (SSSR count). The Bertz CT molecular complexity index is 1150. The van der Waals surface area contributed by atoms with E-state index < -0.39 is 64.5 Å². The van der Waals surface area contributed by atoms with E-state index in [0.29, 0.717) is 37.7 Å². The van der Waals surface area contributed by atoms with E-state index in [1.165, 1.54) is 26.8 Å². The molecule has 0 aromatic rings. The first-order valence-corrected chi connectivity index (χ1v) is 14.9. The maximum absolute atomic E-state index is 13.2. The summed E-state index contributed by atoms with van der Waals surface area (Å²) in [4.78, 5) is 61.9. The monoisotopic (exact) mass is 592 g/mol. The molecule has 4 aliphatic rings. The zero-order valence-electron chi connectivity index (χ0n) is 25.7. The first-order valence-electron chi connectivity index (χ1n) is 14.9. The van der Waals surface area contributed by atoms with Crippen LogP contribution >= 0.6 is 0 Å². The van der Waals surface area contributed by atoms with Gasteiger partial charge in [0.15, 0.2) is 0 Å². The van der Waals surface area contributed by atoms with Crippen molar-refractivity contribution in [2.45, 2.75) is 104 Å². The summed E-state index contributed by atoms with van der Waals surface area (Å²) in [6.45, 7) is 12.1. The fraction of sp³-hybridized carbons (Fsp3) is 0.774. The summed E-state index contributed by atoms with van der Waals surface area (Å²) in [5.41, 5.74) is -1.94. The molecule has 9 atom stereocenters. The molecule has 0 aromatic heterocycles. The molecule has 11 nitrogen and oxygen atoms in total. The minimum absolute atomic E-state index is 0.0129. The number of esters is 5. The molecule has 2 aliphatic heterocycles. The van der Waals surface area contributed by atoms with Crippen LogP contribution in [0, 0.1) is 28.6 Å². The van der Waals surface area contributed by atoms with Crippen LogP contribution in [0.5, 0.6) is 0 Å². The molecular formula is C31H44O11. The zero-order valence-corrected chi connectivity index (χ0v) is 25.7. The molecule has 3 unspecified atom stereocenters. The molecule has 2 heterocycles. The van der Waals surface area contributed by atoms with Crippen LogP contribution in [0.2, 0.25) is 0 Å². The summed E-state index contributed by atoms with van der Waals surface area (Å²) >= 11 is 0. The molecule has 2 saturated carbocycles. The van der Waals surface area contributed by atoms with E-state index in [4.69, 9.17) is 28.4 Å². The molecule has 2 aliphatic carbocycles. The molecule has 0 bridgehead atoms. The highest BCUT2D eigenvalue weighted by Crippen LogP contribution is 2.70. The summed E-state index contributed by atoms with van der Waals surface area (Å²) in [7, 11) is 0. The second kappa shape index (κ2) is 12.0. The standard InChI is InChI=1S/C31H44O11/c1-8-17(2)28(36)42-23-9-10-30(15-38-19(4)32)31(16-39-30)25(41-21(6)34)11-18(3)29(7,27(23)31)13-24(40-20(5)33)22-12-26(35)37-14-22/h12,17-18,23-25,27H,8-11,13-16H2,1-7H3/t17-,18-,23?,24?,25?,27-,29+,30-,31-/m0/s1. The van der Waals surface area contributed by atoms with Gasteiger partial charge in [-0.15, -0.1) is 0 Å². The Kier molecular flexibility index (Phi) is 9.11. The van der Waals surface area contributed by atoms with Crippen molar-refractivity contribution in [3.8, 4) is 0 Å². The van der Waals surface area contributed by atoms with E-state index in [1.807, 2.05) is 20.8 Å². The fourth-order valence-corrected chi connectivity index (χ4v) is 7.83. The Balaban J connectivity index is 1.86. The van der Waals surface area contributed by atoms with Crippen molar-refractivity contribution in [3.05, 3.63) is 11.6 Å². The minimum atomic E-state index is -0.966. The van der Waals surface area contributed by atoms with E-state index in [9.17, 15) is 24.0 Å². The van der Waals surface area contributed by atoms with Crippen molar-refractivity contribution in [3.63, 3.8) is 0 Å². The zero-order chi connectivity index (χ0) is 31.0. The molecule has 0 radical (unpaired) electrons. The Morgan fingerprint density at radius 3 is 2.33 bits per heavy atom. The highest BCUT2D eigenvalue weighted by molar-refractivity contribution is 5.85. The first-order chi connectivity index (χ1) is 19.7. The van der Waals surface area contributed by atoms with Crippen molar-refractivity contribution in [1.82, 2.24) is 0 Å². The number of cyclic esters (lactones) is 1. The molecule has 1 saturated heterocycles. The quantitative estimate of drug-likeness (QED) is 0.272. The van der Waals surface area contributed by atoms with E-state index in [1.54, 1.807) is 0 Å².